The van der Waals surface area contributed by atoms with E-state index in [4.69, 9.17) is 14.2 Å². The smallest absolute Gasteiger partial charge is 0.262 e. The fraction of sp³-hybridized carbons (Fsp3) is 0.167. The first-order valence-electron chi connectivity index (χ1n) is 9.68. The number of rotatable bonds is 9. The number of ether oxygens (including phenoxy) is 3. The first kappa shape index (κ1) is 21.7. The Morgan fingerprint density at radius 1 is 0.935 bits per heavy atom. The van der Waals surface area contributed by atoms with Gasteiger partial charge in [0.25, 0.3) is 5.91 Å². The van der Waals surface area contributed by atoms with Crippen LogP contribution < -0.4 is 25.0 Å². The highest BCUT2D eigenvalue weighted by Gasteiger charge is 2.10. The lowest BCUT2D eigenvalue weighted by atomic mass is 10.2. The van der Waals surface area contributed by atoms with E-state index in [1.54, 1.807) is 44.7 Å². The van der Waals surface area contributed by atoms with E-state index in [2.05, 4.69) is 15.8 Å². The molecule has 0 saturated carbocycles. The molecule has 7 nitrogen and oxygen atoms in total. The number of nitrogens with one attached hydrogen (secondary N) is 2. The van der Waals surface area contributed by atoms with E-state index in [0.29, 0.717) is 22.9 Å². The van der Waals surface area contributed by atoms with Crippen LogP contribution in [0.2, 0.25) is 0 Å². The summed E-state index contributed by atoms with van der Waals surface area (Å²) in [5, 5.41) is 7.02. The van der Waals surface area contributed by atoms with E-state index in [-0.39, 0.29) is 12.5 Å². The standard InChI is InChI=1S/C24H25N3O4/c1-17-7-6-8-19(13-17)27-25-15-18-11-12-22(23(14-18)30-3)31-16-24(28)26-20-9-4-5-10-21(20)29-2/h4-15,27H,16H2,1-3H3,(H,26,28). The van der Waals surface area contributed by atoms with Gasteiger partial charge < -0.3 is 19.5 Å². The van der Waals surface area contributed by atoms with Crippen molar-refractivity contribution < 1.29 is 19.0 Å². The molecule has 0 aliphatic heterocycles. The van der Waals surface area contributed by atoms with Crippen molar-refractivity contribution in [3.63, 3.8) is 0 Å². The number of carbonyl (C=O) groups is 1. The summed E-state index contributed by atoms with van der Waals surface area (Å²) < 4.78 is 16.3. The Kier molecular flexibility index (Phi) is 7.48. The Labute approximate surface area is 181 Å². The molecule has 0 aromatic heterocycles. The zero-order chi connectivity index (χ0) is 22.1. The number of hydrazone groups is 1. The first-order chi connectivity index (χ1) is 15.1. The Hall–Kier alpha value is -4.00. The number of hydrogen-bond donors (Lipinski definition) is 2. The van der Waals surface area contributed by atoms with Gasteiger partial charge in [0.2, 0.25) is 0 Å². The highest BCUT2D eigenvalue weighted by molar-refractivity contribution is 5.93. The van der Waals surface area contributed by atoms with Crippen molar-refractivity contribution in [2.24, 2.45) is 5.10 Å². The lowest BCUT2D eigenvalue weighted by Crippen LogP contribution is -2.20. The van der Waals surface area contributed by atoms with Gasteiger partial charge in [-0.2, -0.15) is 5.10 Å². The van der Waals surface area contributed by atoms with Gasteiger partial charge in [-0.25, -0.2) is 0 Å². The molecule has 7 heteroatoms. The van der Waals surface area contributed by atoms with Gasteiger partial charge in [-0.1, -0.05) is 24.3 Å². The third-order valence-electron chi connectivity index (χ3n) is 4.35. The zero-order valence-corrected chi connectivity index (χ0v) is 17.7. The number of para-hydroxylation sites is 2. The average Bonchev–Trinajstić information content (AvgIpc) is 2.78. The van der Waals surface area contributed by atoms with E-state index in [1.807, 2.05) is 49.4 Å². The normalized spacial score (nSPS) is 10.5. The van der Waals surface area contributed by atoms with Gasteiger partial charge in [0.1, 0.15) is 5.75 Å². The zero-order valence-electron chi connectivity index (χ0n) is 17.7. The summed E-state index contributed by atoms with van der Waals surface area (Å²) in [6.07, 6.45) is 1.68. The van der Waals surface area contributed by atoms with Gasteiger partial charge in [-0.05, 0) is 60.5 Å². The molecular weight excluding hydrogens is 394 g/mol. The molecule has 0 bridgehead atoms. The summed E-state index contributed by atoms with van der Waals surface area (Å²) in [5.74, 6) is 1.24. The predicted octanol–water partition coefficient (Wildman–Crippen LogP) is 4.48. The van der Waals surface area contributed by atoms with E-state index in [9.17, 15) is 4.79 Å². The van der Waals surface area contributed by atoms with E-state index >= 15 is 0 Å². The Morgan fingerprint density at radius 2 is 1.74 bits per heavy atom. The van der Waals surface area contributed by atoms with Crippen LogP contribution in [0.15, 0.2) is 71.8 Å². The van der Waals surface area contributed by atoms with Crippen molar-refractivity contribution in [1.82, 2.24) is 0 Å². The molecular formula is C24H25N3O4. The van der Waals surface area contributed by atoms with Crippen LogP contribution in [0, 0.1) is 6.92 Å². The third-order valence-corrected chi connectivity index (χ3v) is 4.35. The number of methoxy groups -OCH3 is 2. The Morgan fingerprint density at radius 3 is 2.52 bits per heavy atom. The molecule has 0 saturated heterocycles. The number of amides is 1. The van der Waals surface area contributed by atoms with Gasteiger partial charge in [0, 0.05) is 0 Å². The topological polar surface area (TPSA) is 81.2 Å². The van der Waals surface area contributed by atoms with Crippen LogP contribution in [-0.4, -0.2) is 32.9 Å². The minimum Gasteiger partial charge on any atom is -0.495 e. The number of hydrogen-bond acceptors (Lipinski definition) is 6. The van der Waals surface area contributed by atoms with Crippen molar-refractivity contribution >= 4 is 23.5 Å². The number of anilines is 2. The number of nitrogens with zero attached hydrogens (tertiary/aromatic N) is 1. The molecule has 0 fully saturated rings. The quantitative estimate of drug-likeness (QED) is 0.395. The lowest BCUT2D eigenvalue weighted by molar-refractivity contribution is -0.118. The maximum Gasteiger partial charge on any atom is 0.262 e. The van der Waals surface area contributed by atoms with E-state index in [0.717, 1.165) is 16.8 Å². The van der Waals surface area contributed by atoms with Gasteiger partial charge >= 0.3 is 0 Å². The van der Waals surface area contributed by atoms with Crippen molar-refractivity contribution in [1.29, 1.82) is 0 Å². The predicted molar refractivity (Wildman–Crippen MR) is 123 cm³/mol. The van der Waals surface area contributed by atoms with Gasteiger partial charge in [0.05, 0.1) is 31.8 Å². The molecule has 0 aliphatic carbocycles. The van der Waals surface area contributed by atoms with Gasteiger partial charge in [-0.15, -0.1) is 0 Å². The molecule has 0 spiro atoms. The second-order valence-corrected chi connectivity index (χ2v) is 6.69. The van der Waals surface area contributed by atoms with Crippen LogP contribution in [0.25, 0.3) is 0 Å². The van der Waals surface area contributed by atoms with Gasteiger partial charge in [-0.3, -0.25) is 10.2 Å². The third kappa shape index (κ3) is 6.24. The molecule has 3 aromatic carbocycles. The van der Waals surface area contributed by atoms with Crippen LogP contribution >= 0.6 is 0 Å². The largest absolute Gasteiger partial charge is 0.495 e. The maximum atomic E-state index is 12.3. The SMILES string of the molecule is COc1ccccc1NC(=O)COc1ccc(C=NNc2cccc(C)c2)cc1OC. The summed E-state index contributed by atoms with van der Waals surface area (Å²) in [6.45, 7) is 1.85. The summed E-state index contributed by atoms with van der Waals surface area (Å²) in [4.78, 5) is 12.3. The number of carbonyl (C=O) groups excluding carboxylic acids is 1. The van der Waals surface area contributed by atoms with Crippen LogP contribution in [0.5, 0.6) is 17.2 Å². The van der Waals surface area contributed by atoms with Crippen molar-refractivity contribution in [2.75, 3.05) is 31.6 Å². The summed E-state index contributed by atoms with van der Waals surface area (Å²) >= 11 is 0. The molecule has 0 unspecified atom stereocenters. The maximum absolute atomic E-state index is 12.3. The van der Waals surface area contributed by atoms with E-state index in [1.165, 1.54) is 0 Å². The molecule has 0 heterocycles. The fourth-order valence-electron chi connectivity index (χ4n) is 2.86. The van der Waals surface area contributed by atoms with E-state index < -0.39 is 0 Å². The van der Waals surface area contributed by atoms with Crippen molar-refractivity contribution in [2.45, 2.75) is 6.92 Å². The Bertz CT molecular complexity index is 1070. The molecule has 0 radical (unpaired) electrons. The second-order valence-electron chi connectivity index (χ2n) is 6.69. The van der Waals surface area contributed by atoms with Gasteiger partial charge in [0.15, 0.2) is 18.1 Å². The highest BCUT2D eigenvalue weighted by atomic mass is 16.5. The van der Waals surface area contributed by atoms with Crippen LogP contribution in [0.1, 0.15) is 11.1 Å². The molecule has 2 N–H and O–H groups in total. The van der Waals surface area contributed by atoms with Crippen LogP contribution in [0.4, 0.5) is 11.4 Å². The monoisotopic (exact) mass is 419 g/mol. The minimum atomic E-state index is -0.306. The molecule has 160 valence electrons. The van der Waals surface area contributed by atoms with Crippen molar-refractivity contribution in [3.05, 3.63) is 77.9 Å². The van der Waals surface area contributed by atoms with Crippen molar-refractivity contribution in [3.8, 4) is 17.2 Å². The summed E-state index contributed by atoms with van der Waals surface area (Å²) in [5.41, 5.74) is 6.45. The second kappa shape index (κ2) is 10.7. The minimum absolute atomic E-state index is 0.170. The highest BCUT2D eigenvalue weighted by Crippen LogP contribution is 2.28. The molecule has 3 aromatic rings. The number of aryl methyl sites for hydroxylation is 1. The molecule has 1 amide bonds. The Balaban J connectivity index is 1.59. The molecule has 0 atom stereocenters. The number of benzene rings is 3. The first-order valence-corrected chi connectivity index (χ1v) is 9.68. The summed E-state index contributed by atoms with van der Waals surface area (Å²) in [7, 11) is 3.09. The molecule has 31 heavy (non-hydrogen) atoms. The fourth-order valence-corrected chi connectivity index (χ4v) is 2.86. The van der Waals surface area contributed by atoms with Crippen LogP contribution in [0.3, 0.4) is 0 Å². The average molecular weight is 419 g/mol. The molecule has 3 rings (SSSR count). The van der Waals surface area contributed by atoms with Crippen LogP contribution in [-0.2, 0) is 4.79 Å². The molecule has 0 aliphatic rings. The summed E-state index contributed by atoms with van der Waals surface area (Å²) in [6, 6.07) is 20.5. The lowest BCUT2D eigenvalue weighted by Gasteiger charge is -2.12.